The van der Waals surface area contributed by atoms with Gasteiger partial charge in [0.1, 0.15) is 0 Å². The Kier molecular flexibility index (Phi) is 4.97. The number of hydrogen-bond acceptors (Lipinski definition) is 2. The van der Waals surface area contributed by atoms with Gasteiger partial charge in [-0.1, -0.05) is 38.1 Å². The Morgan fingerprint density at radius 2 is 2.06 bits per heavy atom. The van der Waals surface area contributed by atoms with E-state index in [1.54, 1.807) is 7.11 Å². The highest BCUT2D eigenvalue weighted by Crippen LogP contribution is 2.24. The van der Waals surface area contributed by atoms with Gasteiger partial charge in [-0.25, -0.2) is 0 Å². The number of rotatable bonds is 6. The van der Waals surface area contributed by atoms with Crippen LogP contribution in [0.1, 0.15) is 25.0 Å². The van der Waals surface area contributed by atoms with E-state index in [1.807, 2.05) is 7.05 Å². The lowest BCUT2D eigenvalue weighted by Gasteiger charge is -2.24. The van der Waals surface area contributed by atoms with Crippen molar-refractivity contribution in [2.45, 2.75) is 25.7 Å². The molecule has 0 aliphatic rings. The summed E-state index contributed by atoms with van der Waals surface area (Å²) in [6, 6.07) is 8.79. The molecule has 0 radical (unpaired) electrons. The van der Waals surface area contributed by atoms with E-state index in [1.165, 1.54) is 11.1 Å². The van der Waals surface area contributed by atoms with E-state index in [0.29, 0.717) is 0 Å². The molecular weight excluding hydrogens is 198 g/mol. The summed E-state index contributed by atoms with van der Waals surface area (Å²) in [5.74, 6) is 0. The van der Waals surface area contributed by atoms with Crippen molar-refractivity contribution in [1.29, 1.82) is 0 Å². The van der Waals surface area contributed by atoms with Gasteiger partial charge in [0.15, 0.2) is 0 Å². The summed E-state index contributed by atoms with van der Waals surface area (Å²) in [7, 11) is 3.74. The summed E-state index contributed by atoms with van der Waals surface area (Å²) >= 11 is 0. The van der Waals surface area contributed by atoms with Crippen LogP contribution in [-0.2, 0) is 16.6 Å². The van der Waals surface area contributed by atoms with Crippen LogP contribution in [0.25, 0.3) is 0 Å². The first kappa shape index (κ1) is 13.2. The second kappa shape index (κ2) is 6.02. The van der Waals surface area contributed by atoms with Gasteiger partial charge in [0.2, 0.25) is 0 Å². The van der Waals surface area contributed by atoms with Gasteiger partial charge >= 0.3 is 0 Å². The highest BCUT2D eigenvalue weighted by molar-refractivity contribution is 5.29. The summed E-state index contributed by atoms with van der Waals surface area (Å²) in [4.78, 5) is 0. The number of methoxy groups -OCH3 is 1. The first-order valence-corrected chi connectivity index (χ1v) is 5.83. The molecule has 0 saturated heterocycles. The van der Waals surface area contributed by atoms with E-state index in [2.05, 4.69) is 43.4 Å². The number of hydrogen-bond donors (Lipinski definition) is 1. The normalized spacial score (nSPS) is 11.8. The fourth-order valence-electron chi connectivity index (χ4n) is 1.86. The average Bonchev–Trinajstić information content (AvgIpc) is 2.27. The van der Waals surface area contributed by atoms with E-state index >= 15 is 0 Å². The van der Waals surface area contributed by atoms with Gasteiger partial charge in [-0.05, 0) is 31.1 Å². The summed E-state index contributed by atoms with van der Waals surface area (Å²) in [5, 5.41) is 3.17. The summed E-state index contributed by atoms with van der Waals surface area (Å²) in [6.45, 7) is 6.21. The van der Waals surface area contributed by atoms with Crippen LogP contribution >= 0.6 is 0 Å². The molecule has 0 aliphatic heterocycles. The Labute approximate surface area is 99.0 Å². The molecule has 0 bridgehead atoms. The molecule has 1 N–H and O–H groups in total. The van der Waals surface area contributed by atoms with Crippen molar-refractivity contribution in [2.24, 2.45) is 0 Å². The lowest BCUT2D eigenvalue weighted by Crippen LogP contribution is -2.23. The number of likely N-dealkylation sites (N-methyl/N-ethyl adjacent to an activating group) is 1. The lowest BCUT2D eigenvalue weighted by molar-refractivity contribution is 0.146. The minimum absolute atomic E-state index is 0.0877. The third kappa shape index (κ3) is 3.62. The summed E-state index contributed by atoms with van der Waals surface area (Å²) < 4.78 is 5.27. The Morgan fingerprint density at radius 3 is 2.69 bits per heavy atom. The SMILES string of the molecule is CNCCc1cccc(C(C)(C)COC)c1. The summed E-state index contributed by atoms with van der Waals surface area (Å²) in [6.07, 6.45) is 1.08. The van der Waals surface area contributed by atoms with Crippen LogP contribution in [0.2, 0.25) is 0 Å². The zero-order chi connectivity index (χ0) is 12.0. The second-order valence-corrected chi connectivity index (χ2v) is 4.87. The minimum Gasteiger partial charge on any atom is -0.384 e. The fourth-order valence-corrected chi connectivity index (χ4v) is 1.86. The average molecular weight is 221 g/mol. The third-order valence-electron chi connectivity index (χ3n) is 2.88. The quantitative estimate of drug-likeness (QED) is 0.796. The van der Waals surface area contributed by atoms with Crippen molar-refractivity contribution >= 4 is 0 Å². The zero-order valence-electron chi connectivity index (χ0n) is 10.8. The highest BCUT2D eigenvalue weighted by Gasteiger charge is 2.20. The maximum Gasteiger partial charge on any atom is 0.0553 e. The first-order chi connectivity index (χ1) is 7.60. The van der Waals surface area contributed by atoms with Crippen molar-refractivity contribution < 1.29 is 4.74 Å². The molecular formula is C14H23NO. The molecule has 0 heterocycles. The number of nitrogens with one attached hydrogen (secondary N) is 1. The standard InChI is InChI=1S/C14H23NO/c1-14(2,11-16-4)13-7-5-6-12(10-13)8-9-15-3/h5-7,10,15H,8-9,11H2,1-4H3. The molecule has 0 atom stereocenters. The van der Waals surface area contributed by atoms with Gasteiger partial charge in [0, 0.05) is 12.5 Å². The highest BCUT2D eigenvalue weighted by atomic mass is 16.5. The van der Waals surface area contributed by atoms with Crippen molar-refractivity contribution in [3.8, 4) is 0 Å². The number of ether oxygens (including phenoxy) is 1. The number of benzene rings is 1. The van der Waals surface area contributed by atoms with Crippen LogP contribution in [0.4, 0.5) is 0 Å². The predicted molar refractivity (Wildman–Crippen MR) is 69.0 cm³/mol. The van der Waals surface area contributed by atoms with Crippen molar-refractivity contribution in [2.75, 3.05) is 27.3 Å². The van der Waals surface area contributed by atoms with Gasteiger partial charge in [-0.2, -0.15) is 0 Å². The fraction of sp³-hybridized carbons (Fsp3) is 0.571. The Bertz CT molecular complexity index is 320. The van der Waals surface area contributed by atoms with Crippen LogP contribution in [-0.4, -0.2) is 27.3 Å². The third-order valence-corrected chi connectivity index (χ3v) is 2.88. The van der Waals surface area contributed by atoms with Crippen molar-refractivity contribution in [1.82, 2.24) is 5.32 Å². The van der Waals surface area contributed by atoms with Gasteiger partial charge in [0.05, 0.1) is 6.61 Å². The molecule has 1 aromatic carbocycles. The predicted octanol–water partition coefficient (Wildman–Crippen LogP) is 2.37. The maximum absolute atomic E-state index is 5.27. The summed E-state index contributed by atoms with van der Waals surface area (Å²) in [5.41, 5.74) is 2.82. The molecule has 0 spiro atoms. The molecule has 0 unspecified atom stereocenters. The Hall–Kier alpha value is -0.860. The van der Waals surface area contributed by atoms with E-state index < -0.39 is 0 Å². The largest absolute Gasteiger partial charge is 0.384 e. The van der Waals surface area contributed by atoms with Gasteiger partial charge in [-0.15, -0.1) is 0 Å². The molecule has 2 nitrogen and oxygen atoms in total. The molecule has 0 amide bonds. The molecule has 0 aromatic heterocycles. The van der Waals surface area contributed by atoms with Gasteiger partial charge in [-0.3, -0.25) is 0 Å². The molecule has 0 aliphatic carbocycles. The van der Waals surface area contributed by atoms with Crippen LogP contribution in [0.3, 0.4) is 0 Å². The topological polar surface area (TPSA) is 21.3 Å². The first-order valence-electron chi connectivity index (χ1n) is 5.83. The molecule has 1 aromatic rings. The van der Waals surface area contributed by atoms with Crippen LogP contribution in [0.15, 0.2) is 24.3 Å². The van der Waals surface area contributed by atoms with Crippen molar-refractivity contribution in [3.05, 3.63) is 35.4 Å². The monoisotopic (exact) mass is 221 g/mol. The molecule has 0 fully saturated rings. The van der Waals surface area contributed by atoms with E-state index in [0.717, 1.165) is 19.6 Å². The maximum atomic E-state index is 5.27. The minimum atomic E-state index is 0.0877. The molecule has 1 rings (SSSR count). The second-order valence-electron chi connectivity index (χ2n) is 4.87. The van der Waals surface area contributed by atoms with Gasteiger partial charge in [0.25, 0.3) is 0 Å². The van der Waals surface area contributed by atoms with E-state index in [-0.39, 0.29) is 5.41 Å². The zero-order valence-corrected chi connectivity index (χ0v) is 10.8. The Balaban J connectivity index is 2.80. The van der Waals surface area contributed by atoms with Crippen LogP contribution < -0.4 is 5.32 Å². The molecule has 16 heavy (non-hydrogen) atoms. The molecule has 90 valence electrons. The van der Waals surface area contributed by atoms with Gasteiger partial charge < -0.3 is 10.1 Å². The smallest absolute Gasteiger partial charge is 0.0553 e. The van der Waals surface area contributed by atoms with E-state index in [4.69, 9.17) is 4.74 Å². The van der Waals surface area contributed by atoms with Crippen LogP contribution in [0.5, 0.6) is 0 Å². The molecule has 2 heteroatoms. The van der Waals surface area contributed by atoms with E-state index in [9.17, 15) is 0 Å². The lowest BCUT2D eigenvalue weighted by atomic mass is 9.84. The molecule has 0 saturated carbocycles. The van der Waals surface area contributed by atoms with Crippen molar-refractivity contribution in [3.63, 3.8) is 0 Å². The van der Waals surface area contributed by atoms with Crippen LogP contribution in [0, 0.1) is 0 Å². The Morgan fingerprint density at radius 1 is 1.31 bits per heavy atom.